The van der Waals surface area contributed by atoms with Crippen molar-refractivity contribution in [2.24, 2.45) is 5.41 Å². The van der Waals surface area contributed by atoms with Gasteiger partial charge in [-0.05, 0) is 30.4 Å². The predicted molar refractivity (Wildman–Crippen MR) is 64.9 cm³/mol. The van der Waals surface area contributed by atoms with Crippen LogP contribution in [0, 0.1) is 5.41 Å². The smallest absolute Gasteiger partial charge is 0.250 e. The number of halogens is 1. The molecule has 0 aromatic carbocycles. The van der Waals surface area contributed by atoms with Crippen LogP contribution in [0.3, 0.4) is 0 Å². The zero-order valence-corrected chi connectivity index (χ0v) is 10.4. The number of hydrogen-bond acceptors (Lipinski definition) is 2. The van der Waals surface area contributed by atoms with Gasteiger partial charge in [0, 0.05) is 11.5 Å². The van der Waals surface area contributed by atoms with Gasteiger partial charge in [-0.25, -0.2) is 9.48 Å². The average Bonchev–Trinajstić information content (AvgIpc) is 3.02. The van der Waals surface area contributed by atoms with Crippen molar-refractivity contribution < 1.29 is 0 Å². The number of rotatable bonds is 3. The molecular formula is C11H12BrN3O. The SMILES string of the molecule is O=c1n(CC2(CBr)CC2)nc2ccccn12. The highest BCUT2D eigenvalue weighted by atomic mass is 79.9. The second-order valence-electron chi connectivity index (χ2n) is 4.50. The first-order valence-corrected chi connectivity index (χ1v) is 6.46. The Balaban J connectivity index is 2.04. The van der Waals surface area contributed by atoms with Gasteiger partial charge in [0.05, 0.1) is 6.54 Å². The van der Waals surface area contributed by atoms with E-state index in [1.54, 1.807) is 15.3 Å². The number of fused-ring (bicyclic) bond motifs is 1. The van der Waals surface area contributed by atoms with Gasteiger partial charge in [-0.3, -0.25) is 4.40 Å². The molecule has 2 heterocycles. The largest absolute Gasteiger partial charge is 0.350 e. The Kier molecular flexibility index (Phi) is 2.17. The summed E-state index contributed by atoms with van der Waals surface area (Å²) in [7, 11) is 0. The lowest BCUT2D eigenvalue weighted by atomic mass is 10.1. The first-order valence-electron chi connectivity index (χ1n) is 5.34. The highest BCUT2D eigenvalue weighted by molar-refractivity contribution is 9.09. The summed E-state index contributed by atoms with van der Waals surface area (Å²) in [6, 6.07) is 5.59. The Labute approximate surface area is 101 Å². The van der Waals surface area contributed by atoms with E-state index < -0.39 is 0 Å². The van der Waals surface area contributed by atoms with E-state index in [2.05, 4.69) is 21.0 Å². The number of alkyl halides is 1. The molecule has 5 heteroatoms. The molecule has 0 unspecified atom stereocenters. The highest BCUT2D eigenvalue weighted by Gasteiger charge is 2.42. The molecule has 0 bridgehead atoms. The Morgan fingerprint density at radius 3 is 2.88 bits per heavy atom. The fraction of sp³-hybridized carbons (Fsp3) is 0.455. The van der Waals surface area contributed by atoms with Gasteiger partial charge in [-0.1, -0.05) is 22.0 Å². The van der Waals surface area contributed by atoms with Gasteiger partial charge >= 0.3 is 5.69 Å². The van der Waals surface area contributed by atoms with Gasteiger partial charge in [0.15, 0.2) is 5.65 Å². The Morgan fingerprint density at radius 1 is 1.44 bits per heavy atom. The molecule has 1 saturated carbocycles. The van der Waals surface area contributed by atoms with Crippen LogP contribution in [0.2, 0.25) is 0 Å². The summed E-state index contributed by atoms with van der Waals surface area (Å²) < 4.78 is 3.17. The molecule has 1 aliphatic carbocycles. The maximum absolute atomic E-state index is 12.0. The molecule has 3 rings (SSSR count). The van der Waals surface area contributed by atoms with Crippen molar-refractivity contribution in [2.75, 3.05) is 5.33 Å². The first kappa shape index (κ1) is 10.1. The van der Waals surface area contributed by atoms with Gasteiger partial charge in [0.25, 0.3) is 0 Å². The van der Waals surface area contributed by atoms with E-state index in [1.165, 1.54) is 12.8 Å². The summed E-state index contributed by atoms with van der Waals surface area (Å²) >= 11 is 3.51. The van der Waals surface area contributed by atoms with Crippen LogP contribution in [-0.2, 0) is 6.54 Å². The van der Waals surface area contributed by atoms with E-state index >= 15 is 0 Å². The zero-order valence-electron chi connectivity index (χ0n) is 8.77. The molecule has 0 spiro atoms. The molecule has 1 aliphatic rings. The summed E-state index contributed by atoms with van der Waals surface area (Å²) in [5, 5.41) is 5.28. The molecule has 0 saturated heterocycles. The average molecular weight is 282 g/mol. The molecule has 16 heavy (non-hydrogen) atoms. The predicted octanol–water partition coefficient (Wildman–Crippen LogP) is 1.67. The maximum atomic E-state index is 12.0. The third-order valence-corrected chi connectivity index (χ3v) is 4.40. The minimum Gasteiger partial charge on any atom is -0.250 e. The van der Waals surface area contributed by atoms with Crippen molar-refractivity contribution in [1.82, 2.24) is 14.2 Å². The zero-order chi connectivity index (χ0) is 11.2. The van der Waals surface area contributed by atoms with Crippen molar-refractivity contribution >= 4 is 21.6 Å². The Bertz CT molecular complexity index is 582. The molecule has 2 aromatic heterocycles. The Hall–Kier alpha value is -1.10. The molecule has 0 N–H and O–H groups in total. The molecular weight excluding hydrogens is 270 g/mol. The third-order valence-electron chi connectivity index (χ3n) is 3.21. The van der Waals surface area contributed by atoms with Crippen LogP contribution in [0.1, 0.15) is 12.8 Å². The normalized spacial score (nSPS) is 17.8. The molecule has 0 aliphatic heterocycles. The number of hydrogen-bond donors (Lipinski definition) is 0. The molecule has 1 fully saturated rings. The molecule has 4 nitrogen and oxygen atoms in total. The minimum atomic E-state index is -0.0391. The van der Waals surface area contributed by atoms with Gasteiger partial charge in [0.1, 0.15) is 0 Å². The minimum absolute atomic E-state index is 0.0391. The van der Waals surface area contributed by atoms with Gasteiger partial charge in [-0.2, -0.15) is 0 Å². The monoisotopic (exact) mass is 281 g/mol. The van der Waals surface area contributed by atoms with E-state index in [-0.39, 0.29) is 11.1 Å². The highest BCUT2D eigenvalue weighted by Crippen LogP contribution is 2.48. The van der Waals surface area contributed by atoms with E-state index in [0.29, 0.717) is 0 Å². The summed E-state index contributed by atoms with van der Waals surface area (Å²) in [4.78, 5) is 12.0. The van der Waals surface area contributed by atoms with Crippen molar-refractivity contribution in [3.05, 3.63) is 34.9 Å². The van der Waals surface area contributed by atoms with Crippen molar-refractivity contribution in [3.8, 4) is 0 Å². The number of aromatic nitrogens is 3. The summed E-state index contributed by atoms with van der Waals surface area (Å²) in [5.41, 5.74) is 0.947. The van der Waals surface area contributed by atoms with Crippen molar-refractivity contribution in [1.29, 1.82) is 0 Å². The Morgan fingerprint density at radius 2 is 2.25 bits per heavy atom. The number of nitrogens with zero attached hydrogens (tertiary/aromatic N) is 3. The van der Waals surface area contributed by atoms with Crippen LogP contribution in [0.5, 0.6) is 0 Å². The topological polar surface area (TPSA) is 39.3 Å². The van der Waals surface area contributed by atoms with Gasteiger partial charge < -0.3 is 0 Å². The third kappa shape index (κ3) is 1.50. The van der Waals surface area contributed by atoms with Crippen molar-refractivity contribution in [3.63, 3.8) is 0 Å². The molecule has 84 valence electrons. The molecule has 0 radical (unpaired) electrons. The number of pyridine rings is 1. The van der Waals surface area contributed by atoms with E-state index in [9.17, 15) is 4.79 Å². The second-order valence-corrected chi connectivity index (χ2v) is 5.06. The molecule has 0 atom stereocenters. The van der Waals surface area contributed by atoms with Crippen LogP contribution in [0.4, 0.5) is 0 Å². The second kappa shape index (κ2) is 3.45. The van der Waals surface area contributed by atoms with Gasteiger partial charge in [-0.15, -0.1) is 5.10 Å². The van der Waals surface area contributed by atoms with Crippen LogP contribution >= 0.6 is 15.9 Å². The lowest BCUT2D eigenvalue weighted by molar-refractivity contribution is 0.432. The van der Waals surface area contributed by atoms with Crippen molar-refractivity contribution in [2.45, 2.75) is 19.4 Å². The van der Waals surface area contributed by atoms with E-state index in [1.807, 2.05) is 18.2 Å². The van der Waals surface area contributed by atoms with Crippen LogP contribution in [0.25, 0.3) is 5.65 Å². The van der Waals surface area contributed by atoms with Crippen LogP contribution < -0.4 is 5.69 Å². The van der Waals surface area contributed by atoms with Gasteiger partial charge in [0.2, 0.25) is 0 Å². The first-order chi connectivity index (χ1) is 7.74. The maximum Gasteiger partial charge on any atom is 0.350 e. The molecule has 2 aromatic rings. The summed E-state index contributed by atoms with van der Waals surface area (Å²) in [6.07, 6.45) is 4.12. The quantitative estimate of drug-likeness (QED) is 0.803. The van der Waals surface area contributed by atoms with E-state index in [4.69, 9.17) is 0 Å². The lowest BCUT2D eigenvalue weighted by Gasteiger charge is -2.08. The molecule has 0 amide bonds. The van der Waals surface area contributed by atoms with Crippen LogP contribution in [0.15, 0.2) is 29.2 Å². The standard InChI is InChI=1S/C11H12BrN3O/c12-7-11(4-5-11)8-15-10(16)14-6-2-1-3-9(14)13-15/h1-3,6H,4-5,7-8H2. The van der Waals surface area contributed by atoms with Crippen LogP contribution in [-0.4, -0.2) is 19.5 Å². The fourth-order valence-corrected chi connectivity index (χ4v) is 2.64. The summed E-state index contributed by atoms with van der Waals surface area (Å²) in [6.45, 7) is 0.721. The lowest BCUT2D eigenvalue weighted by Crippen LogP contribution is -2.26. The fourth-order valence-electron chi connectivity index (χ4n) is 1.90. The summed E-state index contributed by atoms with van der Waals surface area (Å²) in [5.74, 6) is 0. The van der Waals surface area contributed by atoms with E-state index in [0.717, 1.165) is 17.5 Å².